The number of halogens is 1. The Morgan fingerprint density at radius 2 is 1.88 bits per heavy atom. The highest BCUT2D eigenvalue weighted by atomic mass is 79.9. The van der Waals surface area contributed by atoms with Crippen molar-refractivity contribution in [2.45, 2.75) is 25.6 Å². The van der Waals surface area contributed by atoms with Gasteiger partial charge in [0.1, 0.15) is 0 Å². The minimum Gasteiger partial charge on any atom is -0.390 e. The fourth-order valence-corrected chi connectivity index (χ4v) is 0.806. The lowest BCUT2D eigenvalue weighted by Crippen LogP contribution is -2.25. The average molecular weight is 183 g/mol. The summed E-state index contributed by atoms with van der Waals surface area (Å²) in [5.41, 5.74) is 0. The molecule has 0 aromatic rings. The molecule has 8 heavy (non-hydrogen) atoms. The molecule has 0 fully saturated rings. The molecular weight excluding hydrogens is 172 g/mol. The van der Waals surface area contributed by atoms with E-state index in [0.717, 1.165) is 0 Å². The van der Waals surface area contributed by atoms with E-state index < -0.39 is 12.2 Å². The first-order valence-corrected chi connectivity index (χ1v) is 3.76. The number of rotatable bonds is 3. The summed E-state index contributed by atoms with van der Waals surface area (Å²) in [6.45, 7) is 1.83. The van der Waals surface area contributed by atoms with Crippen LogP contribution in [0.3, 0.4) is 0 Å². The van der Waals surface area contributed by atoms with Crippen molar-refractivity contribution < 1.29 is 10.2 Å². The predicted octanol–water partition coefficient (Wildman–Crippen LogP) is 0.513. The fraction of sp³-hybridized carbons (Fsp3) is 1.00. The Morgan fingerprint density at radius 1 is 1.38 bits per heavy atom. The molecule has 50 valence electrons. The smallest absolute Gasteiger partial charge is 0.0895 e. The van der Waals surface area contributed by atoms with Gasteiger partial charge in [-0.1, -0.05) is 22.9 Å². The Hall–Kier alpha value is 0.400. The largest absolute Gasteiger partial charge is 0.390 e. The molecule has 2 atom stereocenters. The van der Waals surface area contributed by atoms with Gasteiger partial charge in [-0.15, -0.1) is 0 Å². The Morgan fingerprint density at radius 3 is 2.00 bits per heavy atom. The van der Waals surface area contributed by atoms with Gasteiger partial charge in [0.25, 0.3) is 0 Å². The summed E-state index contributed by atoms with van der Waals surface area (Å²) in [4.78, 5) is 0. The third-order valence-electron chi connectivity index (χ3n) is 1.02. The quantitative estimate of drug-likeness (QED) is 0.626. The normalized spacial score (nSPS) is 18.0. The molecule has 2 N–H and O–H groups in total. The van der Waals surface area contributed by atoms with Crippen LogP contribution in [0.15, 0.2) is 0 Å². The van der Waals surface area contributed by atoms with Crippen LogP contribution in [0.5, 0.6) is 0 Å². The molecule has 0 aliphatic rings. The number of hydrogen-bond acceptors (Lipinski definition) is 2. The van der Waals surface area contributed by atoms with Gasteiger partial charge in [-0.2, -0.15) is 0 Å². The van der Waals surface area contributed by atoms with Gasteiger partial charge in [-0.05, 0) is 6.42 Å². The third kappa shape index (κ3) is 2.64. The zero-order valence-electron chi connectivity index (χ0n) is 4.84. The van der Waals surface area contributed by atoms with Crippen LogP contribution in [0.25, 0.3) is 0 Å². The van der Waals surface area contributed by atoms with E-state index in [1.807, 2.05) is 6.92 Å². The maximum atomic E-state index is 8.85. The molecular formula is C5H11BrO2. The highest BCUT2D eigenvalue weighted by molar-refractivity contribution is 9.09. The van der Waals surface area contributed by atoms with Crippen LogP contribution in [-0.2, 0) is 0 Å². The van der Waals surface area contributed by atoms with Crippen molar-refractivity contribution >= 4 is 15.9 Å². The Balaban J connectivity index is 3.29. The van der Waals surface area contributed by atoms with Gasteiger partial charge in [-0.25, -0.2) is 0 Å². The van der Waals surface area contributed by atoms with Crippen LogP contribution in [0, 0.1) is 0 Å². The molecule has 0 amide bonds. The summed E-state index contributed by atoms with van der Waals surface area (Å²) in [6, 6.07) is 0. The summed E-state index contributed by atoms with van der Waals surface area (Å²) >= 11 is 3.05. The predicted molar refractivity (Wildman–Crippen MR) is 36.1 cm³/mol. The average Bonchev–Trinajstić information content (AvgIpc) is 1.84. The van der Waals surface area contributed by atoms with Crippen LogP contribution >= 0.6 is 15.9 Å². The topological polar surface area (TPSA) is 40.5 Å². The van der Waals surface area contributed by atoms with Crippen LogP contribution in [0.2, 0.25) is 0 Å². The molecule has 0 unspecified atom stereocenters. The third-order valence-corrected chi connectivity index (χ3v) is 1.68. The lowest BCUT2D eigenvalue weighted by molar-refractivity contribution is 0.0330. The Labute approximate surface area is 57.7 Å². The fourth-order valence-electron chi connectivity index (χ4n) is 0.375. The minimum absolute atomic E-state index is 0.446. The second kappa shape index (κ2) is 4.30. The lowest BCUT2D eigenvalue weighted by Gasteiger charge is -2.11. The molecule has 0 saturated heterocycles. The molecule has 0 aliphatic carbocycles. The van der Waals surface area contributed by atoms with Crippen molar-refractivity contribution in [1.82, 2.24) is 0 Å². The molecule has 3 heteroatoms. The van der Waals surface area contributed by atoms with Crippen LogP contribution in [0.1, 0.15) is 13.3 Å². The summed E-state index contributed by atoms with van der Waals surface area (Å²) < 4.78 is 0. The second-order valence-corrected chi connectivity index (χ2v) is 2.34. The van der Waals surface area contributed by atoms with Gasteiger partial charge in [-0.3, -0.25) is 0 Å². The van der Waals surface area contributed by atoms with Crippen LogP contribution in [-0.4, -0.2) is 27.8 Å². The zero-order valence-corrected chi connectivity index (χ0v) is 6.43. The number of alkyl halides is 1. The molecule has 0 saturated carbocycles. The van der Waals surface area contributed by atoms with Crippen molar-refractivity contribution in [2.75, 3.05) is 5.33 Å². The molecule has 0 spiro atoms. The first kappa shape index (κ1) is 8.40. The molecule has 0 bridgehead atoms. The number of hydrogen-bond donors (Lipinski definition) is 2. The van der Waals surface area contributed by atoms with Crippen molar-refractivity contribution in [3.05, 3.63) is 0 Å². The second-order valence-electron chi connectivity index (χ2n) is 1.70. The van der Waals surface area contributed by atoms with Gasteiger partial charge in [0.05, 0.1) is 12.2 Å². The van der Waals surface area contributed by atoms with Crippen molar-refractivity contribution in [1.29, 1.82) is 0 Å². The molecule has 0 aliphatic heterocycles. The van der Waals surface area contributed by atoms with E-state index >= 15 is 0 Å². The van der Waals surface area contributed by atoms with Gasteiger partial charge in [0.15, 0.2) is 0 Å². The van der Waals surface area contributed by atoms with Gasteiger partial charge < -0.3 is 10.2 Å². The van der Waals surface area contributed by atoms with E-state index in [4.69, 9.17) is 10.2 Å². The van der Waals surface area contributed by atoms with Crippen LogP contribution < -0.4 is 0 Å². The maximum absolute atomic E-state index is 8.85. The minimum atomic E-state index is -0.611. The summed E-state index contributed by atoms with van der Waals surface area (Å²) in [5, 5.41) is 18.1. The van der Waals surface area contributed by atoms with E-state index in [-0.39, 0.29) is 0 Å². The molecule has 0 aromatic heterocycles. The SMILES string of the molecule is CC[C@@H](O)[C@@H](O)CBr. The highest BCUT2D eigenvalue weighted by Crippen LogP contribution is 2.00. The maximum Gasteiger partial charge on any atom is 0.0895 e. The number of aliphatic hydroxyl groups excluding tert-OH is 2. The monoisotopic (exact) mass is 182 g/mol. The van der Waals surface area contributed by atoms with E-state index in [1.54, 1.807) is 0 Å². The Kier molecular flexibility index (Phi) is 4.51. The molecule has 0 radical (unpaired) electrons. The van der Waals surface area contributed by atoms with Crippen molar-refractivity contribution in [3.8, 4) is 0 Å². The van der Waals surface area contributed by atoms with Crippen molar-refractivity contribution in [2.24, 2.45) is 0 Å². The van der Waals surface area contributed by atoms with Crippen molar-refractivity contribution in [3.63, 3.8) is 0 Å². The van der Waals surface area contributed by atoms with Crippen LogP contribution in [0.4, 0.5) is 0 Å². The summed E-state index contributed by atoms with van der Waals surface area (Å²) in [6.07, 6.45) is -0.582. The Bertz CT molecular complexity index is 50.4. The van der Waals surface area contributed by atoms with E-state index in [1.165, 1.54) is 0 Å². The van der Waals surface area contributed by atoms with E-state index in [0.29, 0.717) is 11.8 Å². The first-order chi connectivity index (χ1) is 3.72. The molecule has 0 heterocycles. The zero-order chi connectivity index (χ0) is 6.57. The van der Waals surface area contributed by atoms with Gasteiger partial charge in [0.2, 0.25) is 0 Å². The summed E-state index contributed by atoms with van der Waals surface area (Å²) in [5.74, 6) is 0. The first-order valence-electron chi connectivity index (χ1n) is 2.64. The molecule has 2 nitrogen and oxygen atoms in total. The number of aliphatic hydroxyl groups is 2. The molecule has 0 aromatic carbocycles. The van der Waals surface area contributed by atoms with Gasteiger partial charge >= 0.3 is 0 Å². The lowest BCUT2D eigenvalue weighted by atomic mass is 10.2. The highest BCUT2D eigenvalue weighted by Gasteiger charge is 2.10. The summed E-state index contributed by atoms with van der Waals surface area (Å²) in [7, 11) is 0. The molecule has 0 rings (SSSR count). The van der Waals surface area contributed by atoms with E-state index in [9.17, 15) is 0 Å². The van der Waals surface area contributed by atoms with E-state index in [2.05, 4.69) is 15.9 Å². The standard InChI is InChI=1S/C5H11BrO2/c1-2-4(7)5(8)3-6/h4-5,7-8H,2-3H2,1H3/t4-,5+/m1/s1. The van der Waals surface area contributed by atoms with Gasteiger partial charge in [0, 0.05) is 5.33 Å².